The van der Waals surface area contributed by atoms with Gasteiger partial charge in [0.1, 0.15) is 0 Å². The normalized spacial score (nSPS) is 18.1. The van der Waals surface area contributed by atoms with Crippen LogP contribution < -0.4 is 0 Å². The van der Waals surface area contributed by atoms with Crippen LogP contribution in [0.25, 0.3) is 0 Å². The van der Waals surface area contributed by atoms with E-state index in [9.17, 15) is 5.11 Å². The molecule has 0 heterocycles. The Bertz CT molecular complexity index is 335. The Labute approximate surface area is 92.1 Å². The molecule has 1 aromatic carbocycles. The summed E-state index contributed by atoms with van der Waals surface area (Å²) in [6.07, 6.45) is 4.22. The molecule has 0 aromatic heterocycles. The Hall–Kier alpha value is -0.820. The minimum Gasteiger partial charge on any atom is -0.385 e. The van der Waals surface area contributed by atoms with E-state index in [2.05, 4.69) is 38.1 Å². The van der Waals surface area contributed by atoms with Gasteiger partial charge in [-0.05, 0) is 42.7 Å². The summed E-state index contributed by atoms with van der Waals surface area (Å²) in [6.45, 7) is 4.46. The van der Waals surface area contributed by atoms with Gasteiger partial charge in [0.25, 0.3) is 0 Å². The van der Waals surface area contributed by atoms with E-state index in [1.165, 1.54) is 18.4 Å². The summed E-state index contributed by atoms with van der Waals surface area (Å²) in [5.41, 5.74) is 2.02. The summed E-state index contributed by atoms with van der Waals surface area (Å²) < 4.78 is 0. The average molecular weight is 204 g/mol. The van der Waals surface area contributed by atoms with E-state index in [4.69, 9.17) is 0 Å². The highest BCUT2D eigenvalue weighted by molar-refractivity contribution is 5.33. The second-order valence-electron chi connectivity index (χ2n) is 4.67. The third-order valence-corrected chi connectivity index (χ3v) is 3.60. The molecule has 1 aliphatic carbocycles. The van der Waals surface area contributed by atoms with Gasteiger partial charge in [-0.25, -0.2) is 0 Å². The largest absolute Gasteiger partial charge is 0.385 e. The average Bonchev–Trinajstić information content (AvgIpc) is 3.00. The lowest BCUT2D eigenvalue weighted by Gasteiger charge is -2.15. The first-order chi connectivity index (χ1) is 7.19. The van der Waals surface area contributed by atoms with Gasteiger partial charge in [-0.2, -0.15) is 0 Å². The van der Waals surface area contributed by atoms with Crippen LogP contribution >= 0.6 is 0 Å². The number of benzene rings is 1. The second-order valence-corrected chi connectivity index (χ2v) is 4.67. The summed E-state index contributed by atoms with van der Waals surface area (Å²) in [7, 11) is 0. The molecule has 1 N–H and O–H groups in total. The summed E-state index contributed by atoms with van der Waals surface area (Å²) in [5.74, 6) is 0.646. The molecule has 0 unspecified atom stereocenters. The molecule has 1 aromatic rings. The Morgan fingerprint density at radius 1 is 1.27 bits per heavy atom. The molecule has 15 heavy (non-hydrogen) atoms. The van der Waals surface area contributed by atoms with E-state index in [1.807, 2.05) is 0 Å². The number of hydrogen-bond acceptors (Lipinski definition) is 1. The lowest BCUT2D eigenvalue weighted by molar-refractivity contribution is 0.151. The molecule has 0 radical (unpaired) electrons. The lowest BCUT2D eigenvalue weighted by atomic mass is 9.91. The molecule has 0 bridgehead atoms. The molecule has 0 spiro atoms. The van der Waals surface area contributed by atoms with Crippen molar-refractivity contribution in [3.8, 4) is 0 Å². The van der Waals surface area contributed by atoms with Crippen molar-refractivity contribution in [2.24, 2.45) is 0 Å². The molecule has 2 rings (SSSR count). The van der Waals surface area contributed by atoms with E-state index >= 15 is 0 Å². The van der Waals surface area contributed by atoms with Crippen molar-refractivity contribution >= 4 is 0 Å². The first kappa shape index (κ1) is 10.7. The SMILES string of the molecule is CCC(CC)c1cccc(C2(O)CC2)c1. The van der Waals surface area contributed by atoms with Crippen molar-refractivity contribution in [2.75, 3.05) is 0 Å². The Morgan fingerprint density at radius 3 is 2.47 bits per heavy atom. The summed E-state index contributed by atoms with van der Waals surface area (Å²) in [6, 6.07) is 8.52. The van der Waals surface area contributed by atoms with Crippen molar-refractivity contribution in [1.29, 1.82) is 0 Å². The van der Waals surface area contributed by atoms with Crippen LogP contribution in [0, 0.1) is 0 Å². The smallest absolute Gasteiger partial charge is 0.0899 e. The quantitative estimate of drug-likeness (QED) is 0.795. The predicted octanol–water partition coefficient (Wildman–Crippen LogP) is 3.57. The second kappa shape index (κ2) is 3.97. The first-order valence-electron chi connectivity index (χ1n) is 6.02. The van der Waals surface area contributed by atoms with Gasteiger partial charge in [-0.15, -0.1) is 0 Å². The molecular formula is C14H20O. The fraction of sp³-hybridized carbons (Fsp3) is 0.571. The molecule has 0 aliphatic heterocycles. The van der Waals surface area contributed by atoms with Gasteiger partial charge in [0.15, 0.2) is 0 Å². The number of rotatable bonds is 4. The minimum absolute atomic E-state index is 0.484. The van der Waals surface area contributed by atoms with Crippen LogP contribution in [0.1, 0.15) is 56.6 Å². The van der Waals surface area contributed by atoms with Crippen molar-refractivity contribution in [2.45, 2.75) is 51.0 Å². The molecule has 1 aliphatic rings. The molecule has 0 saturated heterocycles. The third kappa shape index (κ3) is 2.07. The first-order valence-corrected chi connectivity index (χ1v) is 6.02. The molecular weight excluding hydrogens is 184 g/mol. The molecule has 0 amide bonds. The monoisotopic (exact) mass is 204 g/mol. The van der Waals surface area contributed by atoms with Crippen LogP contribution in [-0.2, 0) is 5.60 Å². The highest BCUT2D eigenvalue weighted by atomic mass is 16.3. The summed E-state index contributed by atoms with van der Waals surface area (Å²) >= 11 is 0. The minimum atomic E-state index is -0.484. The van der Waals surface area contributed by atoms with Gasteiger partial charge >= 0.3 is 0 Å². The zero-order valence-corrected chi connectivity index (χ0v) is 9.66. The maximum absolute atomic E-state index is 10.1. The molecule has 82 valence electrons. The van der Waals surface area contributed by atoms with E-state index in [-0.39, 0.29) is 0 Å². The van der Waals surface area contributed by atoms with E-state index in [0.29, 0.717) is 5.92 Å². The Kier molecular flexibility index (Phi) is 2.83. The predicted molar refractivity (Wildman–Crippen MR) is 62.9 cm³/mol. The highest BCUT2D eigenvalue weighted by Gasteiger charge is 2.42. The number of hydrogen-bond donors (Lipinski definition) is 1. The lowest BCUT2D eigenvalue weighted by Crippen LogP contribution is -2.05. The Morgan fingerprint density at radius 2 is 1.93 bits per heavy atom. The number of aliphatic hydroxyl groups is 1. The van der Waals surface area contributed by atoms with Crippen LogP contribution in [0.3, 0.4) is 0 Å². The fourth-order valence-electron chi connectivity index (χ4n) is 2.25. The van der Waals surface area contributed by atoms with Crippen molar-refractivity contribution < 1.29 is 5.11 Å². The van der Waals surface area contributed by atoms with Gasteiger partial charge in [0.2, 0.25) is 0 Å². The van der Waals surface area contributed by atoms with Crippen molar-refractivity contribution in [3.05, 3.63) is 35.4 Å². The molecule has 1 nitrogen and oxygen atoms in total. The van der Waals surface area contributed by atoms with E-state index in [1.54, 1.807) is 0 Å². The van der Waals surface area contributed by atoms with Crippen molar-refractivity contribution in [1.82, 2.24) is 0 Å². The topological polar surface area (TPSA) is 20.2 Å². The third-order valence-electron chi connectivity index (χ3n) is 3.60. The standard InChI is InChI=1S/C14H20O/c1-3-11(4-2)12-6-5-7-13(10-12)14(15)8-9-14/h5-7,10-11,15H,3-4,8-9H2,1-2H3. The summed E-state index contributed by atoms with van der Waals surface area (Å²) in [4.78, 5) is 0. The maximum Gasteiger partial charge on any atom is 0.0899 e. The van der Waals surface area contributed by atoms with Gasteiger partial charge in [0.05, 0.1) is 5.60 Å². The van der Waals surface area contributed by atoms with Gasteiger partial charge < -0.3 is 5.11 Å². The Balaban J connectivity index is 2.26. The maximum atomic E-state index is 10.1. The van der Waals surface area contributed by atoms with E-state index in [0.717, 1.165) is 18.4 Å². The molecule has 0 atom stereocenters. The summed E-state index contributed by atoms with van der Waals surface area (Å²) in [5, 5.41) is 10.1. The zero-order valence-electron chi connectivity index (χ0n) is 9.66. The fourth-order valence-corrected chi connectivity index (χ4v) is 2.25. The van der Waals surface area contributed by atoms with Crippen LogP contribution in [-0.4, -0.2) is 5.11 Å². The molecule has 1 saturated carbocycles. The molecule has 1 heteroatoms. The van der Waals surface area contributed by atoms with Gasteiger partial charge in [-0.3, -0.25) is 0 Å². The van der Waals surface area contributed by atoms with E-state index < -0.39 is 5.60 Å². The van der Waals surface area contributed by atoms with Crippen LogP contribution in [0.2, 0.25) is 0 Å². The van der Waals surface area contributed by atoms with Crippen LogP contribution in [0.4, 0.5) is 0 Å². The van der Waals surface area contributed by atoms with Gasteiger partial charge in [0, 0.05) is 0 Å². The zero-order chi connectivity index (χ0) is 10.9. The molecule has 1 fully saturated rings. The highest BCUT2D eigenvalue weighted by Crippen LogP contribution is 2.45. The van der Waals surface area contributed by atoms with Gasteiger partial charge in [-0.1, -0.05) is 38.1 Å². The van der Waals surface area contributed by atoms with Crippen molar-refractivity contribution in [3.63, 3.8) is 0 Å². The van der Waals surface area contributed by atoms with Crippen LogP contribution in [0.15, 0.2) is 24.3 Å². The van der Waals surface area contributed by atoms with Crippen LogP contribution in [0.5, 0.6) is 0 Å².